The van der Waals surface area contributed by atoms with Crippen LogP contribution in [0.15, 0.2) is 65.7 Å². The van der Waals surface area contributed by atoms with E-state index in [9.17, 15) is 13.2 Å². The van der Waals surface area contributed by atoms with Gasteiger partial charge in [0.2, 0.25) is 0 Å². The van der Waals surface area contributed by atoms with Crippen molar-refractivity contribution in [3.63, 3.8) is 0 Å². The van der Waals surface area contributed by atoms with E-state index in [4.69, 9.17) is 22.1 Å². The Kier molecular flexibility index (Phi) is 6.28. The molecule has 3 aromatic rings. The second-order valence-corrected chi connectivity index (χ2v) is 9.13. The van der Waals surface area contributed by atoms with Crippen molar-refractivity contribution >= 4 is 38.9 Å². The summed E-state index contributed by atoms with van der Waals surface area (Å²) in [5, 5.41) is 3.21. The molecule has 9 heteroatoms. The summed E-state index contributed by atoms with van der Waals surface area (Å²) in [7, 11) is -3.32. The van der Waals surface area contributed by atoms with Crippen LogP contribution in [-0.2, 0) is 9.84 Å². The zero-order chi connectivity index (χ0) is 21.9. The Labute approximate surface area is 179 Å². The molecule has 0 aliphatic carbocycles. The number of sulfone groups is 1. The molecule has 1 aromatic heterocycles. The number of carbonyl (C=O) groups is 1. The Morgan fingerprint density at radius 2 is 1.87 bits per heavy atom. The average molecular weight is 446 g/mol. The highest BCUT2D eigenvalue weighted by molar-refractivity contribution is 7.90. The zero-order valence-corrected chi connectivity index (χ0v) is 17.9. The third-order valence-corrected chi connectivity index (χ3v) is 5.65. The number of rotatable bonds is 6. The topological polar surface area (TPSA) is 111 Å². The number of carbonyl (C=O) groups excluding carboxylic acids is 1. The van der Waals surface area contributed by atoms with E-state index in [1.807, 2.05) is 13.0 Å². The van der Waals surface area contributed by atoms with Crippen LogP contribution >= 0.6 is 11.6 Å². The van der Waals surface area contributed by atoms with E-state index in [1.165, 1.54) is 30.5 Å². The maximum atomic E-state index is 12.5. The fourth-order valence-electron chi connectivity index (χ4n) is 2.71. The molecule has 156 valence electrons. The van der Waals surface area contributed by atoms with Gasteiger partial charge in [0.25, 0.3) is 5.91 Å². The third kappa shape index (κ3) is 5.28. The first-order valence-electron chi connectivity index (χ1n) is 8.92. The highest BCUT2D eigenvalue weighted by Gasteiger charge is 2.13. The van der Waals surface area contributed by atoms with E-state index in [0.29, 0.717) is 22.0 Å². The summed E-state index contributed by atoms with van der Waals surface area (Å²) in [6.07, 6.45) is 2.18. The van der Waals surface area contributed by atoms with Gasteiger partial charge in [-0.2, -0.15) is 0 Å². The number of anilines is 2. The smallest absolute Gasteiger partial charge is 0.255 e. The lowest BCUT2D eigenvalue weighted by molar-refractivity contribution is 0.102. The van der Waals surface area contributed by atoms with Crippen LogP contribution in [0.1, 0.15) is 28.9 Å². The number of halogens is 1. The predicted octanol–water partition coefficient (Wildman–Crippen LogP) is 4.11. The summed E-state index contributed by atoms with van der Waals surface area (Å²) < 4.78 is 29.0. The number of amides is 1. The van der Waals surface area contributed by atoms with Gasteiger partial charge in [0.1, 0.15) is 6.10 Å². The summed E-state index contributed by atoms with van der Waals surface area (Å²) in [5.74, 6) is 0.243. The fraction of sp³-hybridized carbons (Fsp3) is 0.143. The van der Waals surface area contributed by atoms with Crippen molar-refractivity contribution in [3.8, 4) is 5.75 Å². The first-order valence-corrected chi connectivity index (χ1v) is 11.2. The molecule has 0 spiro atoms. The van der Waals surface area contributed by atoms with Crippen LogP contribution in [-0.4, -0.2) is 25.6 Å². The molecular weight excluding hydrogens is 426 g/mol. The van der Waals surface area contributed by atoms with Crippen molar-refractivity contribution in [1.29, 1.82) is 0 Å². The van der Waals surface area contributed by atoms with Gasteiger partial charge >= 0.3 is 0 Å². The van der Waals surface area contributed by atoms with Crippen molar-refractivity contribution in [3.05, 3.63) is 76.9 Å². The van der Waals surface area contributed by atoms with Crippen molar-refractivity contribution < 1.29 is 17.9 Å². The quantitative estimate of drug-likeness (QED) is 0.590. The number of nitrogens with two attached hydrogens (primary N) is 1. The van der Waals surface area contributed by atoms with Crippen LogP contribution in [0, 0.1) is 0 Å². The molecule has 0 radical (unpaired) electrons. The molecule has 0 aliphatic rings. The Hall–Kier alpha value is -3.10. The second-order valence-electron chi connectivity index (χ2n) is 6.67. The van der Waals surface area contributed by atoms with Gasteiger partial charge in [-0.05, 0) is 48.9 Å². The van der Waals surface area contributed by atoms with E-state index in [2.05, 4.69) is 10.3 Å². The highest BCUT2D eigenvalue weighted by atomic mass is 35.5. The Balaban J connectivity index is 1.73. The number of ether oxygens (including phenoxy) is 1. The molecule has 1 heterocycles. The van der Waals surface area contributed by atoms with Crippen LogP contribution in [0.5, 0.6) is 5.75 Å². The first kappa shape index (κ1) is 21.6. The number of hydrogen-bond acceptors (Lipinski definition) is 6. The standard InChI is InChI=1S/C21H20ClN3O4S/c1-13(29-19-11-16(22)12-24-20(19)23)15-4-3-5-17(10-15)25-21(26)14-6-8-18(9-7-14)30(2,27)28/h3-13H,1-2H3,(H2,23,24)(H,25,26)/t13-/m1/s1. The lowest BCUT2D eigenvalue weighted by Crippen LogP contribution is -2.13. The summed E-state index contributed by atoms with van der Waals surface area (Å²) in [4.78, 5) is 16.6. The number of benzene rings is 2. The van der Waals surface area contributed by atoms with Crippen molar-refractivity contribution in [1.82, 2.24) is 4.98 Å². The van der Waals surface area contributed by atoms with Crippen LogP contribution < -0.4 is 15.8 Å². The molecular formula is C21H20ClN3O4S. The van der Waals surface area contributed by atoms with Gasteiger partial charge in [-0.15, -0.1) is 0 Å². The van der Waals surface area contributed by atoms with Crippen molar-refractivity contribution in [2.75, 3.05) is 17.3 Å². The molecule has 1 amide bonds. The molecule has 0 bridgehead atoms. The molecule has 0 unspecified atom stereocenters. The number of nitrogens with one attached hydrogen (secondary N) is 1. The van der Waals surface area contributed by atoms with Gasteiger partial charge in [-0.1, -0.05) is 23.7 Å². The molecule has 30 heavy (non-hydrogen) atoms. The maximum Gasteiger partial charge on any atom is 0.255 e. The normalized spacial score (nSPS) is 12.2. The van der Waals surface area contributed by atoms with E-state index in [-0.39, 0.29) is 22.7 Å². The van der Waals surface area contributed by atoms with Crippen molar-refractivity contribution in [2.45, 2.75) is 17.9 Å². The van der Waals surface area contributed by atoms with Crippen LogP contribution in [0.3, 0.4) is 0 Å². The summed E-state index contributed by atoms with van der Waals surface area (Å²) in [5.41, 5.74) is 7.54. The third-order valence-electron chi connectivity index (χ3n) is 4.31. The van der Waals surface area contributed by atoms with E-state index in [0.717, 1.165) is 11.8 Å². The van der Waals surface area contributed by atoms with Gasteiger partial charge in [0.15, 0.2) is 21.4 Å². The van der Waals surface area contributed by atoms with Crippen molar-refractivity contribution in [2.24, 2.45) is 0 Å². The number of nitrogens with zero attached hydrogens (tertiary/aromatic N) is 1. The van der Waals surface area contributed by atoms with Crippen LogP contribution in [0.2, 0.25) is 5.02 Å². The fourth-order valence-corrected chi connectivity index (χ4v) is 3.49. The second kappa shape index (κ2) is 8.73. The molecule has 1 atom stereocenters. The highest BCUT2D eigenvalue weighted by Crippen LogP contribution is 2.29. The maximum absolute atomic E-state index is 12.5. The SMILES string of the molecule is C[C@@H](Oc1cc(Cl)cnc1N)c1cccc(NC(=O)c2ccc(S(C)(=O)=O)cc2)c1. The average Bonchev–Trinajstić information content (AvgIpc) is 2.70. The molecule has 0 fully saturated rings. The molecule has 3 rings (SSSR count). The first-order chi connectivity index (χ1) is 14.1. The molecule has 0 saturated heterocycles. The van der Waals surface area contributed by atoms with Gasteiger partial charge in [-0.25, -0.2) is 13.4 Å². The summed E-state index contributed by atoms with van der Waals surface area (Å²) in [6.45, 7) is 1.84. The summed E-state index contributed by atoms with van der Waals surface area (Å²) in [6, 6.07) is 14.5. The summed E-state index contributed by atoms with van der Waals surface area (Å²) >= 11 is 5.94. The predicted molar refractivity (Wildman–Crippen MR) is 117 cm³/mol. The van der Waals surface area contributed by atoms with Gasteiger partial charge in [-0.3, -0.25) is 4.79 Å². The largest absolute Gasteiger partial charge is 0.482 e. The molecule has 7 nitrogen and oxygen atoms in total. The number of pyridine rings is 1. The Morgan fingerprint density at radius 3 is 2.53 bits per heavy atom. The monoisotopic (exact) mass is 445 g/mol. The van der Waals surface area contributed by atoms with Crippen LogP contribution in [0.25, 0.3) is 0 Å². The van der Waals surface area contributed by atoms with Gasteiger partial charge in [0, 0.05) is 29.8 Å². The zero-order valence-electron chi connectivity index (χ0n) is 16.3. The molecule has 0 aliphatic heterocycles. The Morgan fingerprint density at radius 1 is 1.17 bits per heavy atom. The van der Waals surface area contributed by atoms with E-state index in [1.54, 1.807) is 24.3 Å². The van der Waals surface area contributed by atoms with E-state index >= 15 is 0 Å². The van der Waals surface area contributed by atoms with Gasteiger partial charge < -0.3 is 15.8 Å². The number of aromatic nitrogens is 1. The molecule has 0 saturated carbocycles. The lowest BCUT2D eigenvalue weighted by atomic mass is 10.1. The number of nitrogen functional groups attached to an aromatic ring is 1. The Bertz CT molecular complexity index is 1180. The minimum absolute atomic E-state index is 0.154. The minimum Gasteiger partial charge on any atom is -0.482 e. The number of hydrogen-bond donors (Lipinski definition) is 2. The van der Waals surface area contributed by atoms with Crippen LogP contribution in [0.4, 0.5) is 11.5 Å². The van der Waals surface area contributed by atoms with E-state index < -0.39 is 9.84 Å². The molecule has 2 aromatic carbocycles. The minimum atomic E-state index is -3.32. The van der Waals surface area contributed by atoms with Gasteiger partial charge in [0.05, 0.1) is 9.92 Å². The lowest BCUT2D eigenvalue weighted by Gasteiger charge is -2.17. The molecule has 3 N–H and O–H groups in total.